The van der Waals surface area contributed by atoms with Crippen LogP contribution in [0.25, 0.3) is 11.3 Å². The van der Waals surface area contributed by atoms with Crippen LogP contribution in [0.2, 0.25) is 5.02 Å². The molecule has 4 rings (SSSR count). The van der Waals surface area contributed by atoms with Gasteiger partial charge in [-0.1, -0.05) is 79.1 Å². The Hall–Kier alpha value is -2.96. The van der Waals surface area contributed by atoms with Crippen molar-refractivity contribution in [3.8, 4) is 11.3 Å². The highest BCUT2D eigenvalue weighted by atomic mass is 35.5. The van der Waals surface area contributed by atoms with Crippen molar-refractivity contribution in [3.05, 3.63) is 77.5 Å². The maximum Gasteiger partial charge on any atom is 0.237 e. The molecule has 0 aliphatic carbocycles. The van der Waals surface area contributed by atoms with Gasteiger partial charge in [0.25, 0.3) is 0 Å². The number of benzene rings is 2. The first-order chi connectivity index (χ1) is 15.8. The van der Waals surface area contributed by atoms with E-state index >= 15 is 0 Å². The van der Waals surface area contributed by atoms with Crippen molar-refractivity contribution in [2.45, 2.75) is 39.3 Å². The fourth-order valence-electron chi connectivity index (χ4n) is 3.36. The molecule has 1 aliphatic rings. The number of aldehydes is 1. The summed E-state index contributed by atoms with van der Waals surface area (Å²) in [5, 5.41) is 7.38. The lowest BCUT2D eigenvalue weighted by Crippen LogP contribution is -2.57. The predicted octanol–water partition coefficient (Wildman–Crippen LogP) is 5.35. The number of hydrogen-bond donors (Lipinski definition) is 1. The molecule has 0 spiro atoms. The van der Waals surface area contributed by atoms with Gasteiger partial charge in [0.1, 0.15) is 5.69 Å². The summed E-state index contributed by atoms with van der Waals surface area (Å²) in [5.74, 6) is 0.983. The average Bonchev–Trinajstić information content (AvgIpc) is 3.28. The third-order valence-corrected chi connectivity index (χ3v) is 5.18. The number of carbonyl (C=O) groups excluding carboxylic acids is 2. The number of nitrogens with one attached hydrogen (secondary N) is 1. The van der Waals surface area contributed by atoms with E-state index < -0.39 is 0 Å². The molecule has 6 nitrogen and oxygen atoms in total. The van der Waals surface area contributed by atoms with Gasteiger partial charge in [0.2, 0.25) is 5.91 Å². The molecule has 1 N–H and O–H groups in total. The maximum absolute atomic E-state index is 11.6. The Morgan fingerprint density at radius 2 is 1.73 bits per heavy atom. The summed E-state index contributed by atoms with van der Waals surface area (Å²) in [6, 6.07) is 21.1. The van der Waals surface area contributed by atoms with E-state index in [1.165, 1.54) is 0 Å². The summed E-state index contributed by atoms with van der Waals surface area (Å²) >= 11 is 5.73. The minimum atomic E-state index is 0.0798. The lowest BCUT2D eigenvalue weighted by atomic mass is 9.99. The van der Waals surface area contributed by atoms with E-state index in [9.17, 15) is 9.59 Å². The third-order valence-electron chi connectivity index (χ3n) is 4.93. The molecule has 1 aromatic heterocycles. The molecule has 1 saturated heterocycles. The fourth-order valence-corrected chi connectivity index (χ4v) is 3.49. The van der Waals surface area contributed by atoms with Gasteiger partial charge in [0, 0.05) is 29.2 Å². The minimum absolute atomic E-state index is 0.0798. The summed E-state index contributed by atoms with van der Waals surface area (Å²) < 4.78 is 4.75. The molecule has 176 valence electrons. The Labute approximate surface area is 200 Å². The predicted molar refractivity (Wildman–Crippen MR) is 132 cm³/mol. The molecule has 1 amide bonds. The summed E-state index contributed by atoms with van der Waals surface area (Å²) in [6.07, 6.45) is 1.57. The number of halogens is 1. The zero-order valence-corrected chi connectivity index (χ0v) is 20.3. The normalized spacial score (nSPS) is 17.8. The van der Waals surface area contributed by atoms with Crippen LogP contribution in [-0.2, 0) is 4.79 Å². The van der Waals surface area contributed by atoms with E-state index in [1.807, 2.05) is 62.5 Å². The van der Waals surface area contributed by atoms with Crippen molar-refractivity contribution in [1.82, 2.24) is 15.4 Å². The Morgan fingerprint density at radius 1 is 1.15 bits per heavy atom. The minimum Gasteiger partial charge on any atom is -0.353 e. The van der Waals surface area contributed by atoms with E-state index in [1.54, 1.807) is 18.2 Å². The molecule has 0 bridgehead atoms. The molecule has 3 aromatic rings. The molecule has 2 unspecified atom stereocenters. The van der Waals surface area contributed by atoms with Crippen LogP contribution in [0.1, 0.15) is 37.7 Å². The smallest absolute Gasteiger partial charge is 0.237 e. The lowest BCUT2D eigenvalue weighted by molar-refractivity contribution is -0.130. The van der Waals surface area contributed by atoms with Crippen LogP contribution in [-0.4, -0.2) is 47.9 Å². The first-order valence-corrected chi connectivity index (χ1v) is 11.4. The van der Waals surface area contributed by atoms with Gasteiger partial charge in [-0.2, -0.15) is 0 Å². The molecule has 2 aromatic carbocycles. The Bertz CT molecular complexity index is 947. The summed E-state index contributed by atoms with van der Waals surface area (Å²) in [4.78, 5) is 24.1. The second-order valence-electron chi connectivity index (χ2n) is 8.39. The van der Waals surface area contributed by atoms with Crippen molar-refractivity contribution < 1.29 is 14.1 Å². The van der Waals surface area contributed by atoms with Gasteiger partial charge in [0.05, 0.1) is 6.04 Å². The van der Waals surface area contributed by atoms with Crippen LogP contribution in [0, 0.1) is 5.92 Å². The van der Waals surface area contributed by atoms with Crippen molar-refractivity contribution in [1.29, 1.82) is 0 Å². The Kier molecular flexibility index (Phi) is 10.8. The molecule has 33 heavy (non-hydrogen) atoms. The van der Waals surface area contributed by atoms with E-state index in [2.05, 4.69) is 29.2 Å². The molecule has 1 fully saturated rings. The molecule has 7 heteroatoms. The van der Waals surface area contributed by atoms with Crippen molar-refractivity contribution in [2.24, 2.45) is 5.92 Å². The van der Waals surface area contributed by atoms with Gasteiger partial charge < -0.3 is 9.84 Å². The number of likely N-dealkylation sites (N-methyl/N-ethyl adjacent to an activating group) is 1. The summed E-state index contributed by atoms with van der Waals surface area (Å²) in [5.41, 5.74) is 1.50. The van der Waals surface area contributed by atoms with Gasteiger partial charge in [-0.3, -0.25) is 14.5 Å². The number of hydrogen-bond acceptors (Lipinski definition) is 5. The second-order valence-corrected chi connectivity index (χ2v) is 8.82. The summed E-state index contributed by atoms with van der Waals surface area (Å²) in [7, 11) is 2.03. The Morgan fingerprint density at radius 3 is 2.18 bits per heavy atom. The van der Waals surface area contributed by atoms with Gasteiger partial charge in [-0.15, -0.1) is 0 Å². The van der Waals surface area contributed by atoms with E-state index in [4.69, 9.17) is 16.1 Å². The maximum atomic E-state index is 11.6. The van der Waals surface area contributed by atoms with Gasteiger partial charge >= 0.3 is 0 Å². The number of nitrogens with zero attached hydrogens (tertiary/aromatic N) is 2. The molecule has 2 atom stereocenters. The highest BCUT2D eigenvalue weighted by Crippen LogP contribution is 2.20. The van der Waals surface area contributed by atoms with Gasteiger partial charge in [-0.05, 0) is 38.4 Å². The zero-order valence-electron chi connectivity index (χ0n) is 19.6. The van der Waals surface area contributed by atoms with Crippen LogP contribution < -0.4 is 5.32 Å². The van der Waals surface area contributed by atoms with Gasteiger partial charge in [0.15, 0.2) is 12.0 Å². The van der Waals surface area contributed by atoms with E-state index in [0.29, 0.717) is 29.0 Å². The number of piperazine rings is 1. The monoisotopic (exact) mass is 469 g/mol. The van der Waals surface area contributed by atoms with Crippen LogP contribution in [0.15, 0.2) is 71.3 Å². The van der Waals surface area contributed by atoms with Crippen molar-refractivity contribution in [3.63, 3.8) is 0 Å². The number of amides is 1. The third kappa shape index (κ3) is 9.20. The van der Waals surface area contributed by atoms with Gasteiger partial charge in [-0.25, -0.2) is 0 Å². The Balaban J connectivity index is 0.000000188. The number of rotatable bonds is 4. The number of aromatic nitrogens is 1. The molecular formula is C26H32ClN3O3. The summed E-state index contributed by atoms with van der Waals surface area (Å²) in [6.45, 7) is 7.31. The SMILES string of the molecule is CC(C)CC1C(=O)NC(C)CN1C.O=Cc1cc(-c2ccc(Cl)cc2)no1.c1ccccc1. The highest BCUT2D eigenvalue weighted by Gasteiger charge is 2.30. The second kappa shape index (κ2) is 13.6. The highest BCUT2D eigenvalue weighted by molar-refractivity contribution is 6.30. The topological polar surface area (TPSA) is 75.4 Å². The molecular weight excluding hydrogens is 438 g/mol. The number of carbonyl (C=O) groups is 2. The van der Waals surface area contributed by atoms with Crippen LogP contribution in [0.4, 0.5) is 0 Å². The van der Waals surface area contributed by atoms with Crippen LogP contribution in [0.5, 0.6) is 0 Å². The largest absolute Gasteiger partial charge is 0.353 e. The van der Waals surface area contributed by atoms with E-state index in [-0.39, 0.29) is 17.7 Å². The average molecular weight is 470 g/mol. The van der Waals surface area contributed by atoms with Crippen molar-refractivity contribution in [2.75, 3.05) is 13.6 Å². The molecule has 1 aliphatic heterocycles. The lowest BCUT2D eigenvalue weighted by Gasteiger charge is -2.36. The first-order valence-electron chi connectivity index (χ1n) is 11.0. The molecule has 0 radical (unpaired) electrons. The quantitative estimate of drug-likeness (QED) is 0.521. The van der Waals surface area contributed by atoms with Crippen LogP contribution >= 0.6 is 11.6 Å². The van der Waals surface area contributed by atoms with Crippen molar-refractivity contribution >= 4 is 23.8 Å². The van der Waals surface area contributed by atoms with E-state index in [0.717, 1.165) is 18.5 Å². The first kappa shape index (κ1) is 26.3. The molecule has 0 saturated carbocycles. The van der Waals surface area contributed by atoms with Crippen LogP contribution in [0.3, 0.4) is 0 Å². The zero-order chi connectivity index (χ0) is 24.2. The fraction of sp³-hybridized carbons (Fsp3) is 0.346. The molecule has 2 heterocycles. The standard InChI is InChI=1S/C10H6ClNO2.C10H20N2O.C6H6/c11-8-3-1-7(2-4-8)10-5-9(6-13)14-12-10;1-7(2)5-9-10(13)11-8(3)6-12(9)4;1-2-4-6-5-3-1/h1-6H;7-9H,5-6H2,1-4H3,(H,11,13);1-6H.